The van der Waals surface area contributed by atoms with Gasteiger partial charge in [-0.1, -0.05) is 24.1 Å². The predicted molar refractivity (Wildman–Crippen MR) is 135 cm³/mol. The van der Waals surface area contributed by atoms with Crippen molar-refractivity contribution in [2.45, 2.75) is 19.7 Å². The van der Waals surface area contributed by atoms with Gasteiger partial charge in [0.2, 0.25) is 0 Å². The van der Waals surface area contributed by atoms with E-state index in [4.69, 9.17) is 9.85 Å². The summed E-state index contributed by atoms with van der Waals surface area (Å²) >= 11 is 0. The van der Waals surface area contributed by atoms with Crippen molar-refractivity contribution in [3.05, 3.63) is 72.4 Å². The van der Waals surface area contributed by atoms with Crippen LogP contribution in [0, 0.1) is 11.8 Å². The normalized spacial score (nSPS) is 11.9. The molecule has 0 saturated carbocycles. The van der Waals surface area contributed by atoms with Crippen LogP contribution >= 0.6 is 0 Å². The fourth-order valence-corrected chi connectivity index (χ4v) is 3.53. The molecule has 3 heterocycles. The van der Waals surface area contributed by atoms with E-state index >= 15 is 0 Å². The van der Waals surface area contributed by atoms with E-state index in [2.05, 4.69) is 25.6 Å². The highest BCUT2D eigenvalue weighted by atomic mass is 16.2. The lowest BCUT2D eigenvalue weighted by atomic mass is 10.1. The number of Topliss-reactive ketones (excluding diaryl/α,β-unsaturated/α-hetero) is 1. The Morgan fingerprint density at radius 2 is 1.94 bits per heavy atom. The fraction of sp³-hybridized carbons (Fsp3) is 0.154. The molecular formula is C26H23N7O3. The van der Waals surface area contributed by atoms with E-state index in [-0.39, 0.29) is 42.7 Å². The molecule has 0 fully saturated rings. The van der Waals surface area contributed by atoms with Gasteiger partial charge in [-0.2, -0.15) is 0 Å². The van der Waals surface area contributed by atoms with E-state index in [0.717, 1.165) is 0 Å². The Bertz CT molecular complexity index is 1590. The number of fused-ring (bicyclic) bond motifs is 1. The molecule has 3 aromatic heterocycles. The number of nitrogens with one attached hydrogen (secondary N) is 2. The Kier molecular flexibility index (Phi) is 6.17. The van der Waals surface area contributed by atoms with E-state index in [0.29, 0.717) is 28.2 Å². The van der Waals surface area contributed by atoms with Gasteiger partial charge in [-0.15, -0.1) is 0 Å². The zero-order valence-corrected chi connectivity index (χ0v) is 19.0. The standard InChI is InChI=1S/C26H23N7O3/c1-2-6-21(35)29-14-5-7-19(34)25-32-22(23-24(27)30-15-16-33(23)25)17-9-11-18(12-10-17)26(36)31-20-8-3-4-13-28-20/h3-4,8-13,15-16H,5,7,14H2,1H3,(H2,27,30)(H,29,35)(H,28,31,36)/i1D3. The molecule has 180 valence electrons. The SMILES string of the molecule is [2H]C([2H])([2H])C#CC(=O)NCCCC(=O)c1nc(-c2ccc(C(=O)Nc3ccccn3)cc2)c2c(N)nccn12. The highest BCUT2D eigenvalue weighted by molar-refractivity contribution is 6.04. The quantitative estimate of drug-likeness (QED) is 0.198. The summed E-state index contributed by atoms with van der Waals surface area (Å²) < 4.78 is 22.6. The topological polar surface area (TPSA) is 144 Å². The Morgan fingerprint density at radius 1 is 1.11 bits per heavy atom. The molecule has 0 aliphatic heterocycles. The van der Waals surface area contributed by atoms with Crippen LogP contribution in [0.3, 0.4) is 0 Å². The molecule has 10 heteroatoms. The Balaban J connectivity index is 1.49. The van der Waals surface area contributed by atoms with E-state index in [9.17, 15) is 14.4 Å². The fourth-order valence-electron chi connectivity index (χ4n) is 3.53. The van der Waals surface area contributed by atoms with E-state index in [1.54, 1.807) is 59.3 Å². The Morgan fingerprint density at radius 3 is 2.69 bits per heavy atom. The average molecular weight is 485 g/mol. The molecule has 10 nitrogen and oxygen atoms in total. The molecule has 36 heavy (non-hydrogen) atoms. The number of nitrogens with zero attached hydrogens (tertiary/aromatic N) is 4. The largest absolute Gasteiger partial charge is 0.382 e. The number of nitrogen functional groups attached to an aromatic ring is 1. The zero-order chi connectivity index (χ0) is 28.0. The third kappa shape index (κ3) is 5.37. The van der Waals surface area contributed by atoms with Crippen molar-refractivity contribution in [1.29, 1.82) is 0 Å². The van der Waals surface area contributed by atoms with Crippen molar-refractivity contribution in [3.63, 3.8) is 0 Å². The summed E-state index contributed by atoms with van der Waals surface area (Å²) in [6.07, 6.45) is 4.95. The highest BCUT2D eigenvalue weighted by Crippen LogP contribution is 2.29. The van der Waals surface area contributed by atoms with Crippen molar-refractivity contribution in [2.24, 2.45) is 0 Å². The molecule has 2 amide bonds. The molecule has 0 saturated heterocycles. The summed E-state index contributed by atoms with van der Waals surface area (Å²) in [5.41, 5.74) is 8.03. The minimum atomic E-state index is -2.52. The lowest BCUT2D eigenvalue weighted by molar-refractivity contribution is -0.115. The predicted octanol–water partition coefficient (Wildman–Crippen LogP) is 2.73. The number of amides is 2. The van der Waals surface area contributed by atoms with Gasteiger partial charge in [0.25, 0.3) is 11.8 Å². The summed E-state index contributed by atoms with van der Waals surface area (Å²) in [6.45, 7) is -2.39. The maximum Gasteiger partial charge on any atom is 0.295 e. The number of imidazole rings is 1. The summed E-state index contributed by atoms with van der Waals surface area (Å²) in [5.74, 6) is 3.26. The van der Waals surface area contributed by atoms with Gasteiger partial charge < -0.3 is 16.4 Å². The Hall–Kier alpha value is -5.04. The molecule has 4 N–H and O–H groups in total. The second-order valence-electron chi connectivity index (χ2n) is 7.59. The Labute approximate surface area is 211 Å². The van der Waals surface area contributed by atoms with Crippen LogP contribution in [0.1, 0.15) is 44.8 Å². The van der Waals surface area contributed by atoms with Gasteiger partial charge in [0, 0.05) is 46.8 Å². The summed E-state index contributed by atoms with van der Waals surface area (Å²) in [5, 5.41) is 5.18. The first-order valence-corrected chi connectivity index (χ1v) is 10.9. The number of rotatable bonds is 8. The van der Waals surface area contributed by atoms with E-state index in [1.165, 1.54) is 6.20 Å². The number of benzene rings is 1. The number of hydrogen-bond acceptors (Lipinski definition) is 7. The monoisotopic (exact) mass is 484 g/mol. The van der Waals surface area contributed by atoms with Gasteiger partial charge in [0.15, 0.2) is 11.6 Å². The molecule has 0 aliphatic rings. The minimum Gasteiger partial charge on any atom is -0.382 e. The molecule has 4 aromatic rings. The van der Waals surface area contributed by atoms with Crippen molar-refractivity contribution < 1.29 is 18.5 Å². The van der Waals surface area contributed by atoms with Gasteiger partial charge in [0.1, 0.15) is 22.8 Å². The van der Waals surface area contributed by atoms with Gasteiger partial charge in [-0.3, -0.25) is 18.8 Å². The highest BCUT2D eigenvalue weighted by Gasteiger charge is 2.20. The number of carbonyl (C=O) groups excluding carboxylic acids is 3. The van der Waals surface area contributed by atoms with Gasteiger partial charge in [-0.25, -0.2) is 15.0 Å². The number of ketones is 1. The van der Waals surface area contributed by atoms with Crippen molar-refractivity contribution in [2.75, 3.05) is 17.6 Å². The molecule has 0 spiro atoms. The lowest BCUT2D eigenvalue weighted by Gasteiger charge is -2.05. The summed E-state index contributed by atoms with van der Waals surface area (Å²) in [7, 11) is 0. The third-order valence-corrected chi connectivity index (χ3v) is 5.20. The first-order chi connectivity index (χ1) is 18.6. The zero-order valence-electron chi connectivity index (χ0n) is 22.0. The van der Waals surface area contributed by atoms with Crippen LogP contribution in [-0.4, -0.2) is 43.5 Å². The van der Waals surface area contributed by atoms with Crippen molar-refractivity contribution in [3.8, 4) is 23.1 Å². The number of pyridine rings is 1. The van der Waals surface area contributed by atoms with Crippen LogP contribution in [-0.2, 0) is 4.79 Å². The number of aromatic nitrogens is 4. The number of anilines is 2. The first kappa shape index (κ1) is 20.3. The van der Waals surface area contributed by atoms with E-state index in [1.807, 2.05) is 11.8 Å². The third-order valence-electron chi connectivity index (χ3n) is 5.20. The van der Waals surface area contributed by atoms with Crippen LogP contribution < -0.4 is 16.4 Å². The molecule has 0 radical (unpaired) electrons. The number of nitrogens with two attached hydrogens (primary N) is 1. The molecule has 0 aliphatic carbocycles. The molecule has 0 unspecified atom stereocenters. The van der Waals surface area contributed by atoms with Crippen molar-refractivity contribution >= 4 is 34.8 Å². The van der Waals surface area contributed by atoms with Crippen LogP contribution in [0.4, 0.5) is 11.6 Å². The van der Waals surface area contributed by atoms with Crippen LogP contribution in [0.15, 0.2) is 61.1 Å². The molecule has 4 rings (SSSR count). The van der Waals surface area contributed by atoms with Crippen molar-refractivity contribution in [1.82, 2.24) is 24.7 Å². The maximum atomic E-state index is 13.0. The van der Waals surface area contributed by atoms with Gasteiger partial charge in [-0.05, 0) is 43.5 Å². The number of hydrogen-bond donors (Lipinski definition) is 3. The number of carbonyl (C=O) groups is 3. The minimum absolute atomic E-state index is 0.0559. The summed E-state index contributed by atoms with van der Waals surface area (Å²) in [4.78, 5) is 50.0. The lowest BCUT2D eigenvalue weighted by Crippen LogP contribution is -2.23. The smallest absolute Gasteiger partial charge is 0.295 e. The van der Waals surface area contributed by atoms with E-state index < -0.39 is 12.8 Å². The molecule has 0 atom stereocenters. The second kappa shape index (κ2) is 10.9. The maximum absolute atomic E-state index is 13.0. The van der Waals surface area contributed by atoms with Crippen LogP contribution in [0.5, 0.6) is 0 Å². The second-order valence-corrected chi connectivity index (χ2v) is 7.59. The van der Waals surface area contributed by atoms with Gasteiger partial charge >= 0.3 is 0 Å². The molecule has 0 bridgehead atoms. The molecule has 1 aromatic carbocycles. The van der Waals surface area contributed by atoms with Gasteiger partial charge in [0.05, 0.1) is 0 Å². The summed E-state index contributed by atoms with van der Waals surface area (Å²) in [6, 6.07) is 11.9. The first-order valence-electron chi connectivity index (χ1n) is 12.4. The molecular weight excluding hydrogens is 458 g/mol. The van der Waals surface area contributed by atoms with Crippen LogP contribution in [0.2, 0.25) is 0 Å². The van der Waals surface area contributed by atoms with Crippen LogP contribution in [0.25, 0.3) is 16.8 Å². The average Bonchev–Trinajstić information content (AvgIpc) is 3.31.